The van der Waals surface area contributed by atoms with Crippen molar-refractivity contribution in [2.45, 2.75) is 0 Å². The number of phosphoric acid groups is 1. The summed E-state index contributed by atoms with van der Waals surface area (Å²) in [5.74, 6) is -4.37. The van der Waals surface area contributed by atoms with Crippen LogP contribution in [0.4, 0.5) is 0 Å². The first kappa shape index (κ1) is 23.6. The second-order valence-electron chi connectivity index (χ2n) is 1.02. The third-order valence-corrected chi connectivity index (χ3v) is 0.167. The van der Waals surface area contributed by atoms with Gasteiger partial charge in [0.1, 0.15) is 0 Å². The van der Waals surface area contributed by atoms with E-state index in [1.54, 1.807) is 0 Å². The SMILES string of the molecule is O=C([O-])C(=O)[O-].O=P([O-])([O-])[O-].[Al+3].[Ca+2]. The van der Waals surface area contributed by atoms with Gasteiger partial charge in [-0.1, -0.05) is 0 Å². The van der Waals surface area contributed by atoms with Crippen LogP contribution in [0, 0.1) is 0 Å². The van der Waals surface area contributed by atoms with Crippen LogP contribution in [-0.2, 0) is 14.2 Å². The molecule has 0 bridgehead atoms. The van der Waals surface area contributed by atoms with Gasteiger partial charge < -0.3 is 39.0 Å². The number of aliphatic carboxylic acids is 2. The van der Waals surface area contributed by atoms with Crippen LogP contribution in [0.3, 0.4) is 0 Å². The molecule has 11 heteroatoms. The Morgan fingerprint density at radius 2 is 1.00 bits per heavy atom. The third kappa shape index (κ3) is 64.4. The van der Waals surface area contributed by atoms with Crippen LogP contribution in [0.15, 0.2) is 0 Å². The molecule has 0 fully saturated rings. The molecule has 0 saturated heterocycles. The summed E-state index contributed by atoms with van der Waals surface area (Å²) in [5, 5.41) is 17.9. The molecule has 0 saturated carbocycles. The van der Waals surface area contributed by atoms with Gasteiger partial charge in [-0.05, 0) is 0 Å². The second-order valence-corrected chi connectivity index (χ2v) is 1.92. The molecule has 66 valence electrons. The minimum absolute atomic E-state index is 0. The number of carbonyl (C=O) groups excluding carboxylic acids is 2. The number of hydrogen-bond acceptors (Lipinski definition) is 8. The van der Waals surface area contributed by atoms with E-state index in [-0.39, 0.29) is 55.1 Å². The van der Waals surface area contributed by atoms with Crippen LogP contribution in [0.25, 0.3) is 0 Å². The first-order valence-corrected chi connectivity index (χ1v) is 3.26. The first-order chi connectivity index (χ1) is 4.64. The van der Waals surface area contributed by atoms with E-state index >= 15 is 0 Å². The van der Waals surface area contributed by atoms with Crippen molar-refractivity contribution in [2.75, 3.05) is 0 Å². The van der Waals surface area contributed by atoms with Gasteiger partial charge in [-0.2, -0.15) is 7.82 Å². The van der Waals surface area contributed by atoms with Crippen molar-refractivity contribution in [1.82, 2.24) is 0 Å². The van der Waals surface area contributed by atoms with E-state index in [1.165, 1.54) is 0 Å². The second kappa shape index (κ2) is 10.9. The van der Waals surface area contributed by atoms with E-state index in [2.05, 4.69) is 0 Å². The van der Waals surface area contributed by atoms with Gasteiger partial charge in [-0.25, -0.2) is 0 Å². The summed E-state index contributed by atoms with van der Waals surface area (Å²) < 4.78 is 8.55. The molecular formula is C2AlCaO8P. The Hall–Kier alpha value is 0.842. The van der Waals surface area contributed by atoms with E-state index in [9.17, 15) is 0 Å². The van der Waals surface area contributed by atoms with Gasteiger partial charge in [0.2, 0.25) is 0 Å². The zero-order chi connectivity index (χ0) is 9.65. The zero-order valence-corrected chi connectivity index (χ0v) is 10.3. The summed E-state index contributed by atoms with van der Waals surface area (Å²) in [6.45, 7) is 0. The van der Waals surface area contributed by atoms with Crippen molar-refractivity contribution in [3.63, 3.8) is 0 Å². The van der Waals surface area contributed by atoms with Gasteiger partial charge in [0.15, 0.2) is 0 Å². The first-order valence-electron chi connectivity index (χ1n) is 1.80. The molecule has 0 unspecified atom stereocenters. The summed E-state index contributed by atoms with van der Waals surface area (Å²) in [5.41, 5.74) is 0. The van der Waals surface area contributed by atoms with Gasteiger partial charge >= 0.3 is 55.1 Å². The Balaban J connectivity index is -0.0000000546. The van der Waals surface area contributed by atoms with Crippen LogP contribution >= 0.6 is 7.82 Å². The Bertz CT molecular complexity index is 178. The van der Waals surface area contributed by atoms with Gasteiger partial charge in [-0.15, -0.1) is 0 Å². The molecule has 8 nitrogen and oxygen atoms in total. The number of carboxylic acid groups (broad SMARTS) is 2. The van der Waals surface area contributed by atoms with E-state index in [1.807, 2.05) is 0 Å². The number of rotatable bonds is 0. The fourth-order valence-electron chi connectivity index (χ4n) is 0. The Morgan fingerprint density at radius 3 is 1.00 bits per heavy atom. The van der Waals surface area contributed by atoms with Crippen LogP contribution in [0.2, 0.25) is 0 Å². The average molecular weight is 250 g/mol. The molecular weight excluding hydrogens is 250 g/mol. The van der Waals surface area contributed by atoms with E-state index in [4.69, 9.17) is 39.0 Å². The summed E-state index contributed by atoms with van der Waals surface area (Å²) in [7, 11) is -5.39. The molecule has 0 amide bonds. The summed E-state index contributed by atoms with van der Waals surface area (Å²) in [6, 6.07) is 0. The minimum Gasteiger partial charge on any atom is -0.822 e. The fourth-order valence-corrected chi connectivity index (χ4v) is 0. The monoisotopic (exact) mass is 250 g/mol. The number of carbonyl (C=O) groups is 2. The maximum Gasteiger partial charge on any atom is 3.00 e. The molecule has 0 aliphatic heterocycles. The topological polar surface area (TPSA) is 167 Å². The third-order valence-electron chi connectivity index (χ3n) is 0.167. The number of hydrogen-bond donors (Lipinski definition) is 0. The zero-order valence-electron chi connectivity index (χ0n) is 6.00. The molecule has 0 rings (SSSR count). The van der Waals surface area contributed by atoms with Crippen molar-refractivity contribution in [3.8, 4) is 0 Å². The van der Waals surface area contributed by atoms with Crippen LogP contribution in [0.1, 0.15) is 0 Å². The van der Waals surface area contributed by atoms with Crippen LogP contribution < -0.4 is 24.9 Å². The van der Waals surface area contributed by atoms with E-state index in [0.29, 0.717) is 0 Å². The van der Waals surface area contributed by atoms with Gasteiger partial charge in [0.25, 0.3) is 0 Å². The van der Waals surface area contributed by atoms with Crippen LogP contribution in [0.5, 0.6) is 0 Å². The Kier molecular flexibility index (Phi) is 19.8. The largest absolute Gasteiger partial charge is 3.00 e. The number of carboxylic acids is 2. The predicted molar refractivity (Wildman–Crippen MR) is 29.1 cm³/mol. The fraction of sp³-hybridized carbons (Fsp3) is 0. The standard InChI is InChI=1S/C2H2O4.Al.Ca.H3O4P/c3-1(4)2(5)6;;;1-5(2,3)4/h(H,3,4)(H,5,6);;;(H3,1,2,3,4)/q;+3;+2;/p-5. The molecule has 0 aromatic carbocycles. The van der Waals surface area contributed by atoms with E-state index < -0.39 is 19.8 Å². The van der Waals surface area contributed by atoms with Crippen molar-refractivity contribution < 1.29 is 39.0 Å². The quantitative estimate of drug-likeness (QED) is 0.232. The Labute approximate surface area is 113 Å². The van der Waals surface area contributed by atoms with E-state index in [0.717, 1.165) is 0 Å². The summed E-state index contributed by atoms with van der Waals surface area (Å²) in [4.78, 5) is 43.5. The molecule has 13 heavy (non-hydrogen) atoms. The van der Waals surface area contributed by atoms with Gasteiger partial charge in [-0.3, -0.25) is 0 Å². The Morgan fingerprint density at radius 1 is 0.923 bits per heavy atom. The summed E-state index contributed by atoms with van der Waals surface area (Å²) >= 11 is 0. The smallest absolute Gasteiger partial charge is 0.822 e. The van der Waals surface area contributed by atoms with Crippen LogP contribution in [-0.4, -0.2) is 67.0 Å². The maximum absolute atomic E-state index is 8.93. The molecule has 0 aliphatic rings. The molecule has 0 spiro atoms. The van der Waals surface area contributed by atoms with Crippen molar-refractivity contribution >= 4 is 74.9 Å². The predicted octanol–water partition coefficient (Wildman–Crippen LogP) is -7.10. The normalized spacial score (nSPS) is 7.92. The molecule has 0 aliphatic carbocycles. The van der Waals surface area contributed by atoms with Crippen molar-refractivity contribution in [2.24, 2.45) is 0 Å². The molecule has 0 aromatic heterocycles. The molecule has 0 heterocycles. The summed E-state index contributed by atoms with van der Waals surface area (Å²) in [6.07, 6.45) is 0. The van der Waals surface area contributed by atoms with Crippen molar-refractivity contribution in [3.05, 3.63) is 0 Å². The van der Waals surface area contributed by atoms with Gasteiger partial charge in [0, 0.05) is 0 Å². The molecule has 0 radical (unpaired) electrons. The minimum atomic E-state index is -5.39. The average Bonchev–Trinajstić information content (AvgIpc) is 1.59. The molecule has 0 atom stereocenters. The van der Waals surface area contributed by atoms with Gasteiger partial charge in [0.05, 0.1) is 11.9 Å². The maximum atomic E-state index is 8.93. The molecule has 0 aromatic rings. The van der Waals surface area contributed by atoms with Crippen molar-refractivity contribution in [1.29, 1.82) is 0 Å². The molecule has 0 N–H and O–H groups in total.